The molecule has 2 aromatic rings. The van der Waals surface area contributed by atoms with Gasteiger partial charge >= 0.3 is 0 Å². The molecule has 87 valence electrons. The summed E-state index contributed by atoms with van der Waals surface area (Å²) in [7, 11) is 3.26. The van der Waals surface area contributed by atoms with Gasteiger partial charge < -0.3 is 9.47 Å². The normalized spacial score (nSPS) is 10.1. The quantitative estimate of drug-likeness (QED) is 0.821. The van der Waals surface area contributed by atoms with Crippen molar-refractivity contribution in [3.63, 3.8) is 0 Å². The van der Waals surface area contributed by atoms with Gasteiger partial charge in [0.25, 0.3) is 0 Å². The molecule has 3 heteroatoms. The fraction of sp³-hybridized carbons (Fsp3) is 0.143. The maximum absolute atomic E-state index is 5.92. The minimum Gasteiger partial charge on any atom is -0.497 e. The van der Waals surface area contributed by atoms with Gasteiger partial charge in [0.05, 0.1) is 14.2 Å². The molecule has 0 saturated carbocycles. The van der Waals surface area contributed by atoms with E-state index in [4.69, 9.17) is 21.1 Å². The molecule has 0 amide bonds. The van der Waals surface area contributed by atoms with Gasteiger partial charge in [0.15, 0.2) is 0 Å². The van der Waals surface area contributed by atoms with Crippen molar-refractivity contribution in [3.8, 4) is 22.6 Å². The average molecular weight is 248 g/mol. The van der Waals surface area contributed by atoms with E-state index in [0.717, 1.165) is 22.6 Å². The van der Waals surface area contributed by atoms with E-state index in [-0.39, 0.29) is 0 Å². The predicted molar refractivity (Wildman–Crippen MR) is 68.8 cm³/mol. The van der Waals surface area contributed by atoms with Gasteiger partial charge in [-0.3, -0.25) is 0 Å². The maximum atomic E-state index is 5.92. The van der Waals surface area contributed by atoms with Gasteiger partial charge in [0.2, 0.25) is 0 Å². The molecule has 1 radical (unpaired) electrons. The van der Waals surface area contributed by atoms with Gasteiger partial charge in [-0.1, -0.05) is 23.7 Å². The van der Waals surface area contributed by atoms with Crippen LogP contribution in [0.25, 0.3) is 11.1 Å². The standard InChI is InChI=1S/C14H12ClO2/c1-16-13-7-11(8-14(9-13)17-2)10-4-3-5-12(15)6-10/h3-4,6-9H,1-2H3. The molecule has 0 unspecified atom stereocenters. The van der Waals surface area contributed by atoms with E-state index >= 15 is 0 Å². The second-order valence-electron chi connectivity index (χ2n) is 3.53. The van der Waals surface area contributed by atoms with Crippen LogP contribution in [0.15, 0.2) is 36.4 Å². The van der Waals surface area contributed by atoms with Gasteiger partial charge in [-0.25, -0.2) is 0 Å². The summed E-state index contributed by atoms with van der Waals surface area (Å²) < 4.78 is 10.5. The minimum absolute atomic E-state index is 0.587. The topological polar surface area (TPSA) is 18.5 Å². The molecule has 0 aromatic heterocycles. The molecule has 0 saturated heterocycles. The van der Waals surface area contributed by atoms with E-state index in [1.54, 1.807) is 20.3 Å². The van der Waals surface area contributed by atoms with E-state index in [0.29, 0.717) is 5.02 Å². The first kappa shape index (κ1) is 11.8. The van der Waals surface area contributed by atoms with Crippen molar-refractivity contribution in [3.05, 3.63) is 47.5 Å². The van der Waals surface area contributed by atoms with Crippen LogP contribution < -0.4 is 9.47 Å². The van der Waals surface area contributed by atoms with Crippen molar-refractivity contribution in [2.45, 2.75) is 0 Å². The van der Waals surface area contributed by atoms with Gasteiger partial charge in [-0.2, -0.15) is 0 Å². The summed E-state index contributed by atoms with van der Waals surface area (Å²) in [5.74, 6) is 1.51. The fourth-order valence-electron chi connectivity index (χ4n) is 1.59. The highest BCUT2D eigenvalue weighted by atomic mass is 35.5. The summed E-state index contributed by atoms with van der Waals surface area (Å²) in [6.07, 6.45) is 0. The van der Waals surface area contributed by atoms with Gasteiger partial charge in [-0.15, -0.1) is 0 Å². The Morgan fingerprint density at radius 2 is 1.59 bits per heavy atom. The molecule has 2 aromatic carbocycles. The molecule has 17 heavy (non-hydrogen) atoms. The molecule has 2 rings (SSSR count). The SMILES string of the molecule is COc1cc(OC)cc(-c2cc[c]c(Cl)c2)c1. The maximum Gasteiger partial charge on any atom is 0.123 e. The van der Waals surface area contributed by atoms with Crippen LogP contribution in [-0.4, -0.2) is 14.2 Å². The summed E-state index contributed by atoms with van der Waals surface area (Å²) in [5, 5.41) is 0.587. The number of ether oxygens (including phenoxy) is 2. The first-order valence-electron chi connectivity index (χ1n) is 5.13. The average Bonchev–Trinajstić information content (AvgIpc) is 2.38. The zero-order chi connectivity index (χ0) is 12.3. The minimum atomic E-state index is 0.587. The van der Waals surface area contributed by atoms with Gasteiger partial charge in [0, 0.05) is 17.2 Å². The lowest BCUT2D eigenvalue weighted by Crippen LogP contribution is -1.88. The molecular formula is C14H12ClO2. The summed E-state index contributed by atoms with van der Waals surface area (Å²) in [6, 6.07) is 14.2. The lowest BCUT2D eigenvalue weighted by atomic mass is 10.1. The van der Waals surface area contributed by atoms with E-state index in [1.807, 2.05) is 30.3 Å². The second kappa shape index (κ2) is 5.11. The highest BCUT2D eigenvalue weighted by molar-refractivity contribution is 6.30. The van der Waals surface area contributed by atoms with E-state index in [1.165, 1.54) is 0 Å². The predicted octanol–water partition coefficient (Wildman–Crippen LogP) is 3.82. The Hall–Kier alpha value is -1.67. The smallest absolute Gasteiger partial charge is 0.123 e. The number of hydrogen-bond donors (Lipinski definition) is 0. The fourth-order valence-corrected chi connectivity index (χ4v) is 1.77. The van der Waals surface area contributed by atoms with Crippen molar-refractivity contribution in [1.82, 2.24) is 0 Å². The van der Waals surface area contributed by atoms with Crippen LogP contribution in [0, 0.1) is 6.07 Å². The summed E-state index contributed by atoms with van der Waals surface area (Å²) >= 11 is 5.92. The lowest BCUT2D eigenvalue weighted by Gasteiger charge is -2.08. The van der Waals surface area contributed by atoms with Gasteiger partial charge in [-0.05, 0) is 29.3 Å². The van der Waals surface area contributed by atoms with Crippen LogP contribution in [0.2, 0.25) is 5.02 Å². The first-order valence-corrected chi connectivity index (χ1v) is 5.51. The number of methoxy groups -OCH3 is 2. The largest absolute Gasteiger partial charge is 0.497 e. The molecule has 2 nitrogen and oxygen atoms in total. The Labute approximate surface area is 106 Å². The van der Waals surface area contributed by atoms with Crippen LogP contribution in [-0.2, 0) is 0 Å². The highest BCUT2D eigenvalue weighted by Crippen LogP contribution is 2.30. The number of halogens is 1. The van der Waals surface area contributed by atoms with Crippen LogP contribution in [0.4, 0.5) is 0 Å². The zero-order valence-corrected chi connectivity index (χ0v) is 10.4. The molecule has 0 heterocycles. The Balaban J connectivity index is 2.50. The van der Waals surface area contributed by atoms with Crippen molar-refractivity contribution >= 4 is 11.6 Å². The van der Waals surface area contributed by atoms with Crippen LogP contribution in [0.5, 0.6) is 11.5 Å². The van der Waals surface area contributed by atoms with Crippen LogP contribution in [0.3, 0.4) is 0 Å². The van der Waals surface area contributed by atoms with Crippen molar-refractivity contribution in [2.75, 3.05) is 14.2 Å². The molecule has 0 fully saturated rings. The Bertz CT molecular complexity index is 501. The Morgan fingerprint density at radius 3 is 2.12 bits per heavy atom. The van der Waals surface area contributed by atoms with Crippen LogP contribution >= 0.6 is 11.6 Å². The third kappa shape index (κ3) is 2.71. The molecule has 0 bridgehead atoms. The molecule has 0 aliphatic rings. The van der Waals surface area contributed by atoms with Crippen molar-refractivity contribution < 1.29 is 9.47 Å². The van der Waals surface area contributed by atoms with Crippen molar-refractivity contribution in [1.29, 1.82) is 0 Å². The summed E-state index contributed by atoms with van der Waals surface area (Å²) in [5.41, 5.74) is 2.00. The summed E-state index contributed by atoms with van der Waals surface area (Å²) in [6.45, 7) is 0. The van der Waals surface area contributed by atoms with Crippen molar-refractivity contribution in [2.24, 2.45) is 0 Å². The molecule has 0 aliphatic carbocycles. The first-order chi connectivity index (χ1) is 8.22. The Kier molecular flexibility index (Phi) is 3.55. The van der Waals surface area contributed by atoms with E-state index in [9.17, 15) is 0 Å². The Morgan fingerprint density at radius 1 is 0.941 bits per heavy atom. The second-order valence-corrected chi connectivity index (χ2v) is 3.93. The van der Waals surface area contributed by atoms with Crippen LogP contribution in [0.1, 0.15) is 0 Å². The summed E-state index contributed by atoms with van der Waals surface area (Å²) in [4.78, 5) is 0. The highest BCUT2D eigenvalue weighted by Gasteiger charge is 2.04. The third-order valence-electron chi connectivity index (χ3n) is 2.45. The monoisotopic (exact) mass is 247 g/mol. The molecule has 0 spiro atoms. The molecule has 0 atom stereocenters. The number of benzene rings is 2. The third-order valence-corrected chi connectivity index (χ3v) is 2.67. The lowest BCUT2D eigenvalue weighted by molar-refractivity contribution is 0.394. The zero-order valence-electron chi connectivity index (χ0n) is 9.66. The number of rotatable bonds is 3. The van der Waals surface area contributed by atoms with Gasteiger partial charge in [0.1, 0.15) is 11.5 Å². The number of hydrogen-bond acceptors (Lipinski definition) is 2. The molecule has 0 aliphatic heterocycles. The van der Waals surface area contributed by atoms with E-state index in [2.05, 4.69) is 6.07 Å². The van der Waals surface area contributed by atoms with E-state index < -0.39 is 0 Å². The molecule has 0 N–H and O–H groups in total. The molecular weight excluding hydrogens is 236 g/mol.